The summed E-state index contributed by atoms with van der Waals surface area (Å²) in [6.45, 7) is 4.57. The van der Waals surface area contributed by atoms with Crippen molar-refractivity contribution in [3.05, 3.63) is 70.8 Å². The maximum atomic E-state index is 13.0. The van der Waals surface area contributed by atoms with Crippen LogP contribution in [0.15, 0.2) is 49.1 Å². The van der Waals surface area contributed by atoms with Crippen LogP contribution in [0.2, 0.25) is 5.02 Å². The summed E-state index contributed by atoms with van der Waals surface area (Å²) in [6, 6.07) is 10.6. The molecule has 0 saturated carbocycles. The van der Waals surface area contributed by atoms with Crippen LogP contribution in [-0.4, -0.2) is 25.0 Å². The van der Waals surface area contributed by atoms with Gasteiger partial charge in [-0.15, -0.1) is 0 Å². The summed E-state index contributed by atoms with van der Waals surface area (Å²) in [5.41, 5.74) is 3.14. The van der Waals surface area contributed by atoms with Gasteiger partial charge >= 0.3 is 0 Å². The number of hydrogen-bond donors (Lipinski definition) is 1. The molecule has 0 bridgehead atoms. The monoisotopic (exact) mass is 382 g/mol. The highest BCUT2D eigenvalue weighted by molar-refractivity contribution is 6.30. The summed E-state index contributed by atoms with van der Waals surface area (Å²) in [7, 11) is 0. The molecule has 2 aliphatic rings. The maximum absolute atomic E-state index is 13.0. The molecule has 6 heteroatoms. The van der Waals surface area contributed by atoms with Crippen LogP contribution < -0.4 is 15.0 Å². The number of nitrogens with zero attached hydrogens (tertiary/aromatic N) is 1. The molecule has 4 rings (SSSR count). The van der Waals surface area contributed by atoms with Crippen LogP contribution >= 0.6 is 11.6 Å². The largest absolute Gasteiger partial charge is 0.491 e. The molecule has 27 heavy (non-hydrogen) atoms. The second kappa shape index (κ2) is 7.08. The average Bonchev–Trinajstić information content (AvgIpc) is 3.08. The molecule has 2 heterocycles. The first-order chi connectivity index (χ1) is 13.1. The van der Waals surface area contributed by atoms with Gasteiger partial charge in [0.05, 0.1) is 6.04 Å². The van der Waals surface area contributed by atoms with Crippen LogP contribution in [0.4, 0.5) is 5.69 Å². The van der Waals surface area contributed by atoms with Gasteiger partial charge in [-0.05, 0) is 54.8 Å². The fourth-order valence-corrected chi connectivity index (χ4v) is 3.90. The van der Waals surface area contributed by atoms with Gasteiger partial charge in [-0.3, -0.25) is 9.59 Å². The van der Waals surface area contributed by atoms with Crippen LogP contribution in [0.3, 0.4) is 0 Å². The van der Waals surface area contributed by atoms with Gasteiger partial charge in [0.25, 0.3) is 5.91 Å². The van der Waals surface area contributed by atoms with Crippen LogP contribution in [0.1, 0.15) is 33.9 Å². The summed E-state index contributed by atoms with van der Waals surface area (Å²) in [4.78, 5) is 26.8. The molecule has 2 amide bonds. The van der Waals surface area contributed by atoms with Crippen molar-refractivity contribution in [3.63, 3.8) is 0 Å². The first-order valence-corrected chi connectivity index (χ1v) is 9.25. The third-order valence-electron chi connectivity index (χ3n) is 4.99. The fraction of sp³-hybridized carbons (Fsp3) is 0.238. The van der Waals surface area contributed by atoms with Crippen molar-refractivity contribution >= 4 is 29.1 Å². The lowest BCUT2D eigenvalue weighted by atomic mass is 9.95. The Kier molecular flexibility index (Phi) is 4.62. The molecular weight excluding hydrogens is 364 g/mol. The van der Waals surface area contributed by atoms with Crippen LogP contribution in [0.25, 0.3) is 0 Å². The average molecular weight is 383 g/mol. The molecule has 1 N–H and O–H groups in total. The third-order valence-corrected chi connectivity index (χ3v) is 5.23. The zero-order valence-corrected chi connectivity index (χ0v) is 15.5. The Balaban J connectivity index is 1.62. The smallest absolute Gasteiger partial charge is 0.252 e. The van der Waals surface area contributed by atoms with Gasteiger partial charge in [0.1, 0.15) is 12.4 Å². The van der Waals surface area contributed by atoms with E-state index in [-0.39, 0.29) is 17.9 Å². The Morgan fingerprint density at radius 2 is 2.15 bits per heavy atom. The van der Waals surface area contributed by atoms with Gasteiger partial charge in [0.2, 0.25) is 5.91 Å². The number of hydrogen-bond acceptors (Lipinski definition) is 3. The Hall–Kier alpha value is -2.79. The number of rotatable bonds is 3. The Morgan fingerprint density at radius 1 is 1.30 bits per heavy atom. The molecule has 0 fully saturated rings. The quantitative estimate of drug-likeness (QED) is 0.824. The van der Waals surface area contributed by atoms with E-state index in [2.05, 4.69) is 11.9 Å². The maximum Gasteiger partial charge on any atom is 0.252 e. The molecule has 0 saturated heterocycles. The van der Waals surface area contributed by atoms with Crippen molar-refractivity contribution in [2.75, 3.05) is 18.1 Å². The number of ether oxygens (including phenoxy) is 1. The summed E-state index contributed by atoms with van der Waals surface area (Å²) < 4.78 is 5.64. The number of fused-ring (bicyclic) bond motifs is 2. The van der Waals surface area contributed by atoms with Gasteiger partial charge in [0, 0.05) is 28.4 Å². The van der Waals surface area contributed by atoms with Crippen molar-refractivity contribution in [2.45, 2.75) is 18.9 Å². The molecule has 0 spiro atoms. The zero-order chi connectivity index (χ0) is 19.0. The summed E-state index contributed by atoms with van der Waals surface area (Å²) >= 11 is 6.08. The standard InChI is InChI=1S/C21H19ClN2O3/c1-2-20(25)24-10-4-6-14-15(5-3-7-18(14)24)21(26)23-17-12-27-19-9-8-13(22)11-16(17)19/h2-3,5,7-9,11,17H,1,4,6,10,12H2,(H,23,26). The molecule has 1 unspecified atom stereocenters. The SMILES string of the molecule is C=CC(=O)N1CCCc2c(C(=O)NC3COc4ccc(Cl)cc43)cccc21. The normalized spacial score (nSPS) is 17.5. The third kappa shape index (κ3) is 3.19. The van der Waals surface area contributed by atoms with Crippen molar-refractivity contribution < 1.29 is 14.3 Å². The van der Waals surface area contributed by atoms with Crippen molar-refractivity contribution in [1.29, 1.82) is 0 Å². The number of carbonyl (C=O) groups is 2. The highest BCUT2D eigenvalue weighted by Crippen LogP contribution is 2.35. The second-order valence-corrected chi connectivity index (χ2v) is 7.06. The molecule has 1 atom stereocenters. The fourth-order valence-electron chi connectivity index (χ4n) is 3.72. The molecule has 0 aliphatic carbocycles. The highest BCUT2D eigenvalue weighted by atomic mass is 35.5. The number of nitrogens with one attached hydrogen (secondary N) is 1. The van der Waals surface area contributed by atoms with E-state index in [0.29, 0.717) is 23.7 Å². The predicted molar refractivity (Wildman–Crippen MR) is 104 cm³/mol. The number of carbonyl (C=O) groups excluding carboxylic acids is 2. The van der Waals surface area contributed by atoms with Gasteiger partial charge in [0.15, 0.2) is 0 Å². The van der Waals surface area contributed by atoms with E-state index in [4.69, 9.17) is 16.3 Å². The molecule has 2 aliphatic heterocycles. The first-order valence-electron chi connectivity index (χ1n) is 8.87. The Bertz CT molecular complexity index is 941. The lowest BCUT2D eigenvalue weighted by molar-refractivity contribution is -0.114. The van der Waals surface area contributed by atoms with E-state index in [1.54, 1.807) is 23.1 Å². The lowest BCUT2D eigenvalue weighted by Crippen LogP contribution is -2.36. The van der Waals surface area contributed by atoms with Gasteiger partial charge < -0.3 is 15.0 Å². The minimum absolute atomic E-state index is 0.152. The van der Waals surface area contributed by atoms with Gasteiger partial charge in [-0.25, -0.2) is 0 Å². The van der Waals surface area contributed by atoms with Crippen molar-refractivity contribution in [3.8, 4) is 5.75 Å². The molecule has 138 valence electrons. The van der Waals surface area contributed by atoms with Crippen LogP contribution in [0, 0.1) is 0 Å². The zero-order valence-electron chi connectivity index (χ0n) is 14.7. The lowest BCUT2D eigenvalue weighted by Gasteiger charge is -2.30. The molecule has 5 nitrogen and oxygen atoms in total. The van der Waals surface area contributed by atoms with Crippen molar-refractivity contribution in [1.82, 2.24) is 5.32 Å². The predicted octanol–water partition coefficient (Wildman–Crippen LogP) is 3.67. The van der Waals surface area contributed by atoms with E-state index in [1.807, 2.05) is 18.2 Å². The highest BCUT2D eigenvalue weighted by Gasteiger charge is 2.29. The first kappa shape index (κ1) is 17.6. The summed E-state index contributed by atoms with van der Waals surface area (Å²) in [5, 5.41) is 3.65. The Labute approximate surface area is 162 Å². The number of amides is 2. The van der Waals surface area contributed by atoms with E-state index in [9.17, 15) is 9.59 Å². The van der Waals surface area contributed by atoms with Gasteiger partial charge in [-0.1, -0.05) is 24.2 Å². The molecule has 2 aromatic carbocycles. The second-order valence-electron chi connectivity index (χ2n) is 6.62. The van der Waals surface area contributed by atoms with E-state index in [0.717, 1.165) is 35.4 Å². The Morgan fingerprint density at radius 3 is 2.96 bits per heavy atom. The molecular formula is C21H19ClN2O3. The molecule has 0 radical (unpaired) electrons. The number of halogens is 1. The minimum atomic E-state index is -0.253. The van der Waals surface area contributed by atoms with E-state index < -0.39 is 0 Å². The number of benzene rings is 2. The molecule has 2 aromatic rings. The summed E-state index contributed by atoms with van der Waals surface area (Å²) in [6.07, 6.45) is 2.86. The van der Waals surface area contributed by atoms with E-state index >= 15 is 0 Å². The van der Waals surface area contributed by atoms with E-state index in [1.165, 1.54) is 6.08 Å². The summed E-state index contributed by atoms with van der Waals surface area (Å²) in [5.74, 6) is 0.407. The topological polar surface area (TPSA) is 58.6 Å². The van der Waals surface area contributed by atoms with Crippen LogP contribution in [0.5, 0.6) is 5.75 Å². The van der Waals surface area contributed by atoms with Crippen molar-refractivity contribution in [2.24, 2.45) is 0 Å². The van der Waals surface area contributed by atoms with Gasteiger partial charge in [-0.2, -0.15) is 0 Å². The van der Waals surface area contributed by atoms with Crippen LogP contribution in [-0.2, 0) is 11.2 Å². The number of anilines is 1. The minimum Gasteiger partial charge on any atom is -0.491 e. The molecule has 0 aromatic heterocycles.